The van der Waals surface area contributed by atoms with Crippen LogP contribution in [0.25, 0.3) is 0 Å². The highest BCUT2D eigenvalue weighted by molar-refractivity contribution is 5.97. The van der Waals surface area contributed by atoms with Crippen LogP contribution in [-0.2, 0) is 9.53 Å². The zero-order chi connectivity index (χ0) is 16.7. The lowest BCUT2D eigenvalue weighted by atomic mass is 10.0. The van der Waals surface area contributed by atoms with Crippen molar-refractivity contribution in [3.8, 4) is 11.8 Å². The van der Waals surface area contributed by atoms with Crippen molar-refractivity contribution in [2.45, 2.75) is 26.3 Å². The van der Waals surface area contributed by atoms with E-state index < -0.39 is 17.9 Å². The molecule has 0 radical (unpaired) electrons. The van der Waals surface area contributed by atoms with Crippen molar-refractivity contribution < 1.29 is 23.8 Å². The Hall–Kier alpha value is -2.31. The van der Waals surface area contributed by atoms with Gasteiger partial charge in [0.25, 0.3) is 5.91 Å². The first-order chi connectivity index (χ1) is 10.4. The van der Waals surface area contributed by atoms with E-state index in [4.69, 9.17) is 14.2 Å². The van der Waals surface area contributed by atoms with E-state index in [9.17, 15) is 9.59 Å². The molecule has 1 aromatic heterocycles. The van der Waals surface area contributed by atoms with Gasteiger partial charge in [0.15, 0.2) is 0 Å². The predicted octanol–water partition coefficient (Wildman–Crippen LogP) is 1.42. The highest BCUT2D eigenvalue weighted by atomic mass is 16.5. The number of hydrogen-bond acceptors (Lipinski definition) is 6. The molecule has 0 spiro atoms. The molecule has 0 aromatic carbocycles. The standard InChI is InChI=1S/C15H22N2O5/c1-9(2)6-11(15(19)22-5)16-14(18)10-7-12(20-3)17-13(8-10)21-4/h7-9,11H,6H2,1-5H3,(H,16,18). The summed E-state index contributed by atoms with van der Waals surface area (Å²) < 4.78 is 14.8. The number of hydrogen-bond donors (Lipinski definition) is 1. The van der Waals surface area contributed by atoms with Gasteiger partial charge in [-0.3, -0.25) is 4.79 Å². The van der Waals surface area contributed by atoms with E-state index in [1.165, 1.54) is 33.5 Å². The van der Waals surface area contributed by atoms with E-state index in [-0.39, 0.29) is 17.7 Å². The zero-order valence-corrected chi connectivity index (χ0v) is 13.5. The normalized spacial score (nSPS) is 11.7. The maximum atomic E-state index is 12.3. The SMILES string of the molecule is COC(=O)C(CC(C)C)NC(=O)c1cc(OC)nc(OC)c1. The number of pyridine rings is 1. The number of esters is 1. The van der Waals surface area contributed by atoms with E-state index in [0.29, 0.717) is 12.0 Å². The van der Waals surface area contributed by atoms with Gasteiger partial charge in [0.2, 0.25) is 11.8 Å². The van der Waals surface area contributed by atoms with E-state index >= 15 is 0 Å². The molecule has 7 heteroatoms. The third-order valence-electron chi connectivity index (χ3n) is 2.96. The fourth-order valence-electron chi connectivity index (χ4n) is 1.89. The van der Waals surface area contributed by atoms with Gasteiger partial charge in [-0.1, -0.05) is 13.8 Å². The molecule has 1 unspecified atom stereocenters. The summed E-state index contributed by atoms with van der Waals surface area (Å²) in [6.07, 6.45) is 0.484. The Morgan fingerprint density at radius 3 is 2.09 bits per heavy atom. The minimum atomic E-state index is -0.706. The van der Waals surface area contributed by atoms with Gasteiger partial charge >= 0.3 is 5.97 Å². The minimum Gasteiger partial charge on any atom is -0.481 e. The lowest BCUT2D eigenvalue weighted by molar-refractivity contribution is -0.143. The zero-order valence-electron chi connectivity index (χ0n) is 13.5. The first kappa shape index (κ1) is 17.7. The number of methoxy groups -OCH3 is 3. The maximum absolute atomic E-state index is 12.3. The molecular formula is C15H22N2O5. The highest BCUT2D eigenvalue weighted by Gasteiger charge is 2.23. The average molecular weight is 310 g/mol. The van der Waals surface area contributed by atoms with Crippen LogP contribution < -0.4 is 14.8 Å². The van der Waals surface area contributed by atoms with E-state index in [0.717, 1.165) is 0 Å². The number of amides is 1. The largest absolute Gasteiger partial charge is 0.481 e. The molecule has 7 nitrogen and oxygen atoms in total. The Bertz CT molecular complexity index is 508. The molecule has 22 heavy (non-hydrogen) atoms. The van der Waals surface area contributed by atoms with Gasteiger partial charge in [0.05, 0.1) is 26.9 Å². The van der Waals surface area contributed by atoms with Crippen molar-refractivity contribution in [1.82, 2.24) is 10.3 Å². The van der Waals surface area contributed by atoms with Crippen LogP contribution >= 0.6 is 0 Å². The number of carbonyl (C=O) groups excluding carboxylic acids is 2. The van der Waals surface area contributed by atoms with Crippen molar-refractivity contribution in [1.29, 1.82) is 0 Å². The summed E-state index contributed by atoms with van der Waals surface area (Å²) in [6, 6.07) is 2.24. The average Bonchev–Trinajstić information content (AvgIpc) is 2.52. The van der Waals surface area contributed by atoms with Crippen molar-refractivity contribution in [2.24, 2.45) is 5.92 Å². The molecule has 1 rings (SSSR count). The third-order valence-corrected chi connectivity index (χ3v) is 2.96. The van der Waals surface area contributed by atoms with Crippen LogP contribution in [0.4, 0.5) is 0 Å². The molecule has 122 valence electrons. The third kappa shape index (κ3) is 4.91. The molecule has 1 aromatic rings. The lowest BCUT2D eigenvalue weighted by Crippen LogP contribution is -2.42. The molecule has 0 saturated heterocycles. The van der Waals surface area contributed by atoms with Gasteiger partial charge in [-0.25, -0.2) is 4.79 Å². The maximum Gasteiger partial charge on any atom is 0.328 e. The van der Waals surface area contributed by atoms with Crippen molar-refractivity contribution in [3.05, 3.63) is 17.7 Å². The number of ether oxygens (including phenoxy) is 3. The molecule has 0 aliphatic rings. The number of carbonyl (C=O) groups is 2. The number of nitrogens with zero attached hydrogens (tertiary/aromatic N) is 1. The first-order valence-electron chi connectivity index (χ1n) is 6.90. The molecule has 0 saturated carbocycles. The quantitative estimate of drug-likeness (QED) is 0.766. The summed E-state index contributed by atoms with van der Waals surface area (Å²) in [5, 5.41) is 2.67. The summed E-state index contributed by atoms with van der Waals surface area (Å²) in [6.45, 7) is 3.92. The van der Waals surface area contributed by atoms with Crippen LogP contribution in [0.5, 0.6) is 11.8 Å². The van der Waals surface area contributed by atoms with Gasteiger partial charge in [0.1, 0.15) is 6.04 Å². The molecule has 0 aliphatic heterocycles. The van der Waals surface area contributed by atoms with Crippen LogP contribution in [-0.4, -0.2) is 44.2 Å². The van der Waals surface area contributed by atoms with Crippen molar-refractivity contribution >= 4 is 11.9 Å². The fourth-order valence-corrected chi connectivity index (χ4v) is 1.89. The van der Waals surface area contributed by atoms with Crippen LogP contribution in [0.15, 0.2) is 12.1 Å². The summed E-state index contributed by atoms with van der Waals surface area (Å²) >= 11 is 0. The molecular weight excluding hydrogens is 288 g/mol. The Morgan fingerprint density at radius 1 is 1.14 bits per heavy atom. The van der Waals surface area contributed by atoms with Crippen LogP contribution in [0.1, 0.15) is 30.6 Å². The summed E-state index contributed by atoms with van der Waals surface area (Å²) in [5.74, 6) is -0.165. The Balaban J connectivity index is 2.96. The lowest BCUT2D eigenvalue weighted by Gasteiger charge is -2.18. The fraction of sp³-hybridized carbons (Fsp3) is 0.533. The second kappa shape index (κ2) is 8.21. The van der Waals surface area contributed by atoms with E-state index in [1.54, 1.807) is 0 Å². The molecule has 0 bridgehead atoms. The smallest absolute Gasteiger partial charge is 0.328 e. The van der Waals surface area contributed by atoms with Crippen LogP contribution in [0, 0.1) is 5.92 Å². The van der Waals surface area contributed by atoms with Gasteiger partial charge in [-0.05, 0) is 12.3 Å². The monoisotopic (exact) mass is 310 g/mol. The van der Waals surface area contributed by atoms with Crippen LogP contribution in [0.2, 0.25) is 0 Å². The Morgan fingerprint density at radius 2 is 1.68 bits per heavy atom. The summed E-state index contributed by atoms with van der Waals surface area (Å²) in [5.41, 5.74) is 0.293. The Labute approximate surface area is 130 Å². The predicted molar refractivity (Wildman–Crippen MR) is 80.1 cm³/mol. The molecule has 0 fully saturated rings. The van der Waals surface area contributed by atoms with Gasteiger partial charge in [-0.15, -0.1) is 0 Å². The number of aromatic nitrogens is 1. The Kier molecular flexibility index (Phi) is 6.62. The molecule has 1 N–H and O–H groups in total. The van der Waals surface area contributed by atoms with Crippen molar-refractivity contribution in [3.63, 3.8) is 0 Å². The van der Waals surface area contributed by atoms with Gasteiger partial charge in [-0.2, -0.15) is 4.98 Å². The second-order valence-electron chi connectivity index (χ2n) is 5.12. The minimum absolute atomic E-state index is 0.228. The molecule has 1 atom stereocenters. The highest BCUT2D eigenvalue weighted by Crippen LogP contribution is 2.18. The van der Waals surface area contributed by atoms with Gasteiger partial charge < -0.3 is 19.5 Å². The number of nitrogens with one attached hydrogen (secondary N) is 1. The van der Waals surface area contributed by atoms with E-state index in [1.807, 2.05) is 13.8 Å². The van der Waals surface area contributed by atoms with Gasteiger partial charge in [0, 0.05) is 12.1 Å². The van der Waals surface area contributed by atoms with Crippen LogP contribution in [0.3, 0.4) is 0 Å². The van der Waals surface area contributed by atoms with E-state index in [2.05, 4.69) is 10.3 Å². The molecule has 1 amide bonds. The molecule has 1 heterocycles. The first-order valence-corrected chi connectivity index (χ1v) is 6.90. The summed E-state index contributed by atoms with van der Waals surface area (Å²) in [4.78, 5) is 28.1. The second-order valence-corrected chi connectivity index (χ2v) is 5.12. The summed E-state index contributed by atoms with van der Waals surface area (Å²) in [7, 11) is 4.18. The number of rotatable bonds is 7. The topological polar surface area (TPSA) is 86.8 Å². The van der Waals surface area contributed by atoms with Crippen molar-refractivity contribution in [2.75, 3.05) is 21.3 Å². The molecule has 0 aliphatic carbocycles.